The number of benzene rings is 1. The summed E-state index contributed by atoms with van der Waals surface area (Å²) in [5.41, 5.74) is -0.433. The number of amides is 1. The highest BCUT2D eigenvalue weighted by Gasteiger charge is 2.35. The first-order valence-corrected chi connectivity index (χ1v) is 8.90. The van der Waals surface area contributed by atoms with Crippen LogP contribution in [0.1, 0.15) is 47.3 Å². The number of nitrogens with one attached hydrogen (secondary N) is 1. The Balaban J connectivity index is 1.57. The predicted molar refractivity (Wildman–Crippen MR) is 94.6 cm³/mol. The first-order valence-electron chi connectivity index (χ1n) is 8.90. The van der Waals surface area contributed by atoms with Gasteiger partial charge in [-0.25, -0.2) is 0 Å². The third-order valence-corrected chi connectivity index (χ3v) is 4.74. The molecule has 0 saturated heterocycles. The van der Waals surface area contributed by atoms with Crippen LogP contribution >= 0.6 is 0 Å². The molecule has 0 radical (unpaired) electrons. The minimum absolute atomic E-state index is 0.0171. The van der Waals surface area contributed by atoms with Gasteiger partial charge in [0.15, 0.2) is 0 Å². The highest BCUT2D eigenvalue weighted by atomic mass is 19.4. The molecule has 1 fully saturated rings. The zero-order valence-electron chi connectivity index (χ0n) is 14.9. The molecule has 7 heteroatoms. The van der Waals surface area contributed by atoms with Crippen LogP contribution in [0.2, 0.25) is 0 Å². The fourth-order valence-electron chi connectivity index (χ4n) is 3.29. The van der Waals surface area contributed by atoms with Gasteiger partial charge in [-0.05, 0) is 56.9 Å². The SMILES string of the molecule is Cc1ncccc1OC1CCC(NC(=O)c2ccccc2C(F)(F)F)CC1. The summed E-state index contributed by atoms with van der Waals surface area (Å²) in [7, 11) is 0. The lowest BCUT2D eigenvalue weighted by Crippen LogP contribution is -2.40. The van der Waals surface area contributed by atoms with Gasteiger partial charge in [-0.15, -0.1) is 0 Å². The van der Waals surface area contributed by atoms with Gasteiger partial charge in [-0.2, -0.15) is 13.2 Å². The molecule has 1 aromatic heterocycles. The molecule has 0 atom stereocenters. The van der Waals surface area contributed by atoms with Crippen molar-refractivity contribution in [2.75, 3.05) is 0 Å². The Bertz CT molecular complexity index is 800. The van der Waals surface area contributed by atoms with E-state index >= 15 is 0 Å². The van der Waals surface area contributed by atoms with Crippen LogP contribution in [0.4, 0.5) is 13.2 Å². The average molecular weight is 378 g/mol. The van der Waals surface area contributed by atoms with E-state index in [-0.39, 0.29) is 17.7 Å². The van der Waals surface area contributed by atoms with Gasteiger partial charge >= 0.3 is 6.18 Å². The van der Waals surface area contributed by atoms with Crippen molar-refractivity contribution >= 4 is 5.91 Å². The van der Waals surface area contributed by atoms with E-state index < -0.39 is 17.6 Å². The minimum atomic E-state index is -4.55. The number of pyridine rings is 1. The van der Waals surface area contributed by atoms with Crippen molar-refractivity contribution in [2.45, 2.75) is 50.9 Å². The molecule has 1 saturated carbocycles. The lowest BCUT2D eigenvalue weighted by molar-refractivity contribution is -0.137. The largest absolute Gasteiger partial charge is 0.489 e. The van der Waals surface area contributed by atoms with Crippen LogP contribution in [0.15, 0.2) is 42.6 Å². The van der Waals surface area contributed by atoms with Crippen molar-refractivity contribution in [1.29, 1.82) is 0 Å². The second kappa shape index (κ2) is 7.98. The quantitative estimate of drug-likeness (QED) is 0.851. The zero-order chi connectivity index (χ0) is 19.4. The van der Waals surface area contributed by atoms with Crippen molar-refractivity contribution in [2.24, 2.45) is 0 Å². The normalized spacial score (nSPS) is 20.1. The number of hydrogen-bond acceptors (Lipinski definition) is 3. The Labute approximate surface area is 155 Å². The highest BCUT2D eigenvalue weighted by molar-refractivity contribution is 5.96. The summed E-state index contributed by atoms with van der Waals surface area (Å²) in [6.07, 6.45) is -0.0775. The Kier molecular flexibility index (Phi) is 5.68. The molecular formula is C20H21F3N2O2. The van der Waals surface area contributed by atoms with Crippen LogP contribution in [0.3, 0.4) is 0 Å². The molecule has 1 aliphatic carbocycles. The van der Waals surface area contributed by atoms with Crippen molar-refractivity contribution in [3.63, 3.8) is 0 Å². The molecule has 1 heterocycles. The minimum Gasteiger partial charge on any atom is -0.489 e. The van der Waals surface area contributed by atoms with Gasteiger partial charge in [0.05, 0.1) is 22.9 Å². The van der Waals surface area contributed by atoms with Gasteiger partial charge in [-0.3, -0.25) is 9.78 Å². The van der Waals surface area contributed by atoms with E-state index in [0.717, 1.165) is 30.4 Å². The standard InChI is InChI=1S/C20H21F3N2O2/c1-13-18(7-4-12-24-13)27-15-10-8-14(9-11-15)25-19(26)16-5-2-3-6-17(16)20(21,22)23/h2-7,12,14-15H,8-11H2,1H3,(H,25,26). The smallest absolute Gasteiger partial charge is 0.417 e. The van der Waals surface area contributed by atoms with Crippen molar-refractivity contribution in [3.05, 3.63) is 59.4 Å². The van der Waals surface area contributed by atoms with E-state index in [9.17, 15) is 18.0 Å². The topological polar surface area (TPSA) is 51.2 Å². The number of rotatable bonds is 4. The maximum atomic E-state index is 13.1. The maximum Gasteiger partial charge on any atom is 0.417 e. The fourth-order valence-corrected chi connectivity index (χ4v) is 3.29. The van der Waals surface area contributed by atoms with E-state index in [2.05, 4.69) is 10.3 Å². The van der Waals surface area contributed by atoms with Crippen LogP contribution < -0.4 is 10.1 Å². The third-order valence-electron chi connectivity index (χ3n) is 4.74. The second-order valence-corrected chi connectivity index (χ2v) is 6.70. The summed E-state index contributed by atoms with van der Waals surface area (Å²) in [6, 6.07) is 8.37. The molecular weight excluding hydrogens is 357 g/mol. The van der Waals surface area contributed by atoms with Gasteiger partial charge in [0.2, 0.25) is 0 Å². The van der Waals surface area contributed by atoms with Crippen LogP contribution in [-0.2, 0) is 6.18 Å². The molecule has 0 unspecified atom stereocenters. The molecule has 0 aliphatic heterocycles. The van der Waals surface area contributed by atoms with E-state index in [1.807, 2.05) is 19.1 Å². The Morgan fingerprint density at radius 1 is 1.11 bits per heavy atom. The van der Waals surface area contributed by atoms with E-state index in [4.69, 9.17) is 4.74 Å². The molecule has 1 aliphatic rings. The van der Waals surface area contributed by atoms with Gasteiger partial charge < -0.3 is 10.1 Å². The summed E-state index contributed by atoms with van der Waals surface area (Å²) in [5, 5.41) is 2.74. The number of hydrogen-bond donors (Lipinski definition) is 1. The molecule has 3 rings (SSSR count). The number of aryl methyl sites for hydroxylation is 1. The van der Waals surface area contributed by atoms with Gasteiger partial charge in [0.1, 0.15) is 5.75 Å². The number of nitrogens with zero attached hydrogens (tertiary/aromatic N) is 1. The van der Waals surface area contributed by atoms with Gasteiger partial charge in [-0.1, -0.05) is 12.1 Å². The Hall–Kier alpha value is -2.57. The predicted octanol–water partition coefficient (Wildman–Crippen LogP) is 4.53. The molecule has 4 nitrogen and oxygen atoms in total. The third kappa shape index (κ3) is 4.78. The molecule has 0 spiro atoms. The number of halogens is 3. The molecule has 0 bridgehead atoms. The van der Waals surface area contributed by atoms with Gasteiger partial charge in [0, 0.05) is 12.2 Å². The molecule has 144 valence electrons. The molecule has 1 amide bonds. The fraction of sp³-hybridized carbons (Fsp3) is 0.400. The number of carbonyl (C=O) groups excluding carboxylic acids is 1. The van der Waals surface area contributed by atoms with Crippen LogP contribution in [0, 0.1) is 6.92 Å². The lowest BCUT2D eigenvalue weighted by Gasteiger charge is -2.30. The van der Waals surface area contributed by atoms with Crippen LogP contribution in [-0.4, -0.2) is 23.0 Å². The van der Waals surface area contributed by atoms with Crippen molar-refractivity contribution < 1.29 is 22.7 Å². The zero-order valence-corrected chi connectivity index (χ0v) is 14.9. The monoisotopic (exact) mass is 378 g/mol. The first kappa shape index (κ1) is 19.2. The average Bonchev–Trinajstić information content (AvgIpc) is 2.64. The summed E-state index contributed by atoms with van der Waals surface area (Å²) >= 11 is 0. The molecule has 1 aromatic carbocycles. The van der Waals surface area contributed by atoms with Crippen LogP contribution in [0.25, 0.3) is 0 Å². The Morgan fingerprint density at radius 2 is 1.81 bits per heavy atom. The van der Waals surface area contributed by atoms with Crippen molar-refractivity contribution in [1.82, 2.24) is 10.3 Å². The van der Waals surface area contributed by atoms with E-state index in [0.29, 0.717) is 12.8 Å². The summed E-state index contributed by atoms with van der Waals surface area (Å²) < 4.78 is 45.2. The number of ether oxygens (including phenoxy) is 1. The maximum absolute atomic E-state index is 13.1. The van der Waals surface area contributed by atoms with E-state index in [1.54, 1.807) is 6.20 Å². The van der Waals surface area contributed by atoms with Crippen LogP contribution in [0.5, 0.6) is 5.75 Å². The number of aromatic nitrogens is 1. The summed E-state index contributed by atoms with van der Waals surface area (Å²) in [6.45, 7) is 1.87. The summed E-state index contributed by atoms with van der Waals surface area (Å²) in [4.78, 5) is 16.5. The number of carbonyl (C=O) groups is 1. The molecule has 27 heavy (non-hydrogen) atoms. The number of alkyl halides is 3. The lowest BCUT2D eigenvalue weighted by atomic mass is 9.92. The molecule has 1 N–H and O–H groups in total. The second-order valence-electron chi connectivity index (χ2n) is 6.70. The summed E-state index contributed by atoms with van der Waals surface area (Å²) in [5.74, 6) is 0.0551. The molecule has 2 aromatic rings. The highest BCUT2D eigenvalue weighted by Crippen LogP contribution is 2.32. The van der Waals surface area contributed by atoms with Gasteiger partial charge in [0.25, 0.3) is 5.91 Å². The van der Waals surface area contributed by atoms with Crippen molar-refractivity contribution in [3.8, 4) is 5.75 Å². The first-order chi connectivity index (χ1) is 12.8. The Morgan fingerprint density at radius 3 is 2.48 bits per heavy atom. The van der Waals surface area contributed by atoms with E-state index in [1.165, 1.54) is 18.2 Å².